The minimum Gasteiger partial charge on any atom is -0.399 e. The van der Waals surface area contributed by atoms with Crippen LogP contribution in [0.4, 0.5) is 5.69 Å². The van der Waals surface area contributed by atoms with Crippen LogP contribution in [0.5, 0.6) is 0 Å². The van der Waals surface area contributed by atoms with Crippen LogP contribution in [-0.2, 0) is 13.5 Å². The van der Waals surface area contributed by atoms with Gasteiger partial charge in [-0.3, -0.25) is 9.36 Å². The highest BCUT2D eigenvalue weighted by molar-refractivity contribution is 5.81. The molecule has 0 amide bonds. The number of aromatic nitrogens is 2. The molecule has 4 heteroatoms. The number of hydrogen-bond acceptors (Lipinski definition) is 3. The summed E-state index contributed by atoms with van der Waals surface area (Å²) in [6.07, 6.45) is 0.742. The Kier molecular flexibility index (Phi) is 2.19. The third-order valence-electron chi connectivity index (χ3n) is 2.51. The monoisotopic (exact) mass is 203 g/mol. The van der Waals surface area contributed by atoms with E-state index in [4.69, 9.17) is 5.73 Å². The first-order valence-electron chi connectivity index (χ1n) is 4.88. The van der Waals surface area contributed by atoms with Crippen molar-refractivity contribution in [2.45, 2.75) is 13.3 Å². The number of anilines is 1. The van der Waals surface area contributed by atoms with Crippen molar-refractivity contribution in [1.29, 1.82) is 0 Å². The minimum absolute atomic E-state index is 0.0378. The lowest BCUT2D eigenvalue weighted by Crippen LogP contribution is -2.22. The van der Waals surface area contributed by atoms with E-state index >= 15 is 0 Å². The maximum absolute atomic E-state index is 11.9. The Morgan fingerprint density at radius 1 is 1.47 bits per heavy atom. The summed E-state index contributed by atoms with van der Waals surface area (Å²) >= 11 is 0. The topological polar surface area (TPSA) is 60.9 Å². The van der Waals surface area contributed by atoms with Crippen LogP contribution in [0, 0.1) is 0 Å². The number of nitrogens with two attached hydrogens (primary N) is 1. The lowest BCUT2D eigenvalue weighted by atomic mass is 10.2. The molecule has 0 unspecified atom stereocenters. The molecule has 2 N–H and O–H groups in total. The number of benzene rings is 1. The highest BCUT2D eigenvalue weighted by atomic mass is 16.1. The third kappa shape index (κ3) is 1.48. The lowest BCUT2D eigenvalue weighted by molar-refractivity contribution is 0.752. The highest BCUT2D eigenvalue weighted by Gasteiger charge is 2.06. The fraction of sp³-hybridized carbons (Fsp3) is 0.273. The van der Waals surface area contributed by atoms with E-state index < -0.39 is 0 Å². The molecule has 1 heterocycles. The summed E-state index contributed by atoms with van der Waals surface area (Å²) in [6, 6.07) is 5.21. The summed E-state index contributed by atoms with van der Waals surface area (Å²) < 4.78 is 1.57. The molecule has 0 fully saturated rings. The molecule has 0 aliphatic heterocycles. The van der Waals surface area contributed by atoms with Crippen LogP contribution < -0.4 is 11.3 Å². The molecule has 0 saturated heterocycles. The van der Waals surface area contributed by atoms with E-state index in [1.54, 1.807) is 29.8 Å². The summed E-state index contributed by atoms with van der Waals surface area (Å²) in [4.78, 5) is 16.3. The highest BCUT2D eigenvalue weighted by Crippen LogP contribution is 2.12. The Bertz CT molecular complexity index is 572. The molecule has 15 heavy (non-hydrogen) atoms. The second kappa shape index (κ2) is 3.38. The molecule has 2 aromatic rings. The van der Waals surface area contributed by atoms with Gasteiger partial charge in [-0.25, -0.2) is 4.98 Å². The van der Waals surface area contributed by atoms with Gasteiger partial charge < -0.3 is 5.73 Å². The summed E-state index contributed by atoms with van der Waals surface area (Å²) in [7, 11) is 1.73. The number of nitrogen functional groups attached to an aromatic ring is 1. The first-order valence-corrected chi connectivity index (χ1v) is 4.88. The molecule has 78 valence electrons. The first-order chi connectivity index (χ1) is 7.13. The predicted octanol–water partition coefficient (Wildman–Crippen LogP) is 1.08. The molecule has 4 nitrogen and oxygen atoms in total. The fourth-order valence-electron chi connectivity index (χ4n) is 1.65. The Labute approximate surface area is 87.4 Å². The van der Waals surface area contributed by atoms with Crippen molar-refractivity contribution in [1.82, 2.24) is 9.55 Å². The Hall–Kier alpha value is -1.84. The van der Waals surface area contributed by atoms with E-state index in [-0.39, 0.29) is 5.56 Å². The van der Waals surface area contributed by atoms with Crippen molar-refractivity contribution in [3.63, 3.8) is 0 Å². The Morgan fingerprint density at radius 2 is 2.20 bits per heavy atom. The van der Waals surface area contributed by atoms with Gasteiger partial charge in [0.05, 0.1) is 10.9 Å². The van der Waals surface area contributed by atoms with Crippen molar-refractivity contribution >= 4 is 16.6 Å². The van der Waals surface area contributed by atoms with Crippen LogP contribution >= 0.6 is 0 Å². The molecule has 0 spiro atoms. The van der Waals surface area contributed by atoms with E-state index in [9.17, 15) is 4.79 Å². The van der Waals surface area contributed by atoms with E-state index in [1.807, 2.05) is 6.92 Å². The second-order valence-electron chi connectivity index (χ2n) is 3.52. The Balaban J connectivity index is 2.91. The van der Waals surface area contributed by atoms with Gasteiger partial charge in [0.25, 0.3) is 5.56 Å². The van der Waals surface area contributed by atoms with E-state index in [0.29, 0.717) is 16.6 Å². The molecule has 0 aliphatic carbocycles. The van der Waals surface area contributed by atoms with Crippen molar-refractivity contribution in [2.24, 2.45) is 7.05 Å². The standard InChI is InChI=1S/C11H13N3O/c1-3-10-13-9-5-4-7(12)6-8(9)11(15)14(10)2/h4-6H,3,12H2,1-2H3. The zero-order valence-electron chi connectivity index (χ0n) is 8.82. The van der Waals surface area contributed by atoms with Crippen LogP contribution in [0.25, 0.3) is 10.9 Å². The van der Waals surface area contributed by atoms with Gasteiger partial charge in [0.2, 0.25) is 0 Å². The van der Waals surface area contributed by atoms with Crippen molar-refractivity contribution in [3.05, 3.63) is 34.4 Å². The van der Waals surface area contributed by atoms with E-state index in [1.165, 1.54) is 0 Å². The zero-order chi connectivity index (χ0) is 11.0. The van der Waals surface area contributed by atoms with Crippen LogP contribution in [0.15, 0.2) is 23.0 Å². The smallest absolute Gasteiger partial charge is 0.261 e. The first kappa shape index (κ1) is 9.71. The van der Waals surface area contributed by atoms with Crippen molar-refractivity contribution in [2.75, 3.05) is 5.73 Å². The van der Waals surface area contributed by atoms with Gasteiger partial charge >= 0.3 is 0 Å². The molecule has 2 rings (SSSR count). The SMILES string of the molecule is CCc1nc2ccc(N)cc2c(=O)n1C. The maximum atomic E-state index is 11.9. The molecule has 0 bridgehead atoms. The lowest BCUT2D eigenvalue weighted by Gasteiger charge is -2.07. The number of fused-ring (bicyclic) bond motifs is 1. The van der Waals surface area contributed by atoms with Gasteiger partial charge in [-0.15, -0.1) is 0 Å². The quantitative estimate of drug-likeness (QED) is 0.705. The summed E-state index contributed by atoms with van der Waals surface area (Å²) in [6.45, 7) is 1.98. The number of hydrogen-bond donors (Lipinski definition) is 1. The number of nitrogens with zero attached hydrogens (tertiary/aromatic N) is 2. The van der Waals surface area contributed by atoms with Gasteiger partial charge in [-0.05, 0) is 18.2 Å². The number of rotatable bonds is 1. The second-order valence-corrected chi connectivity index (χ2v) is 3.52. The maximum Gasteiger partial charge on any atom is 0.261 e. The van der Waals surface area contributed by atoms with E-state index in [0.717, 1.165) is 12.2 Å². The molecule has 0 atom stereocenters. The molecular formula is C11H13N3O. The molecule has 0 aliphatic rings. The summed E-state index contributed by atoms with van der Waals surface area (Å²) in [5.41, 5.74) is 6.90. The number of aryl methyl sites for hydroxylation is 1. The van der Waals surface area contributed by atoms with Crippen molar-refractivity contribution in [3.8, 4) is 0 Å². The van der Waals surface area contributed by atoms with Crippen LogP contribution in [-0.4, -0.2) is 9.55 Å². The van der Waals surface area contributed by atoms with Crippen LogP contribution in [0.3, 0.4) is 0 Å². The van der Waals surface area contributed by atoms with Crippen LogP contribution in [0.2, 0.25) is 0 Å². The average molecular weight is 203 g/mol. The fourth-order valence-corrected chi connectivity index (χ4v) is 1.65. The van der Waals surface area contributed by atoms with Gasteiger partial charge in [0.1, 0.15) is 5.82 Å². The van der Waals surface area contributed by atoms with Gasteiger partial charge in [-0.1, -0.05) is 6.92 Å². The minimum atomic E-state index is -0.0378. The molecule has 0 radical (unpaired) electrons. The Morgan fingerprint density at radius 3 is 2.87 bits per heavy atom. The average Bonchev–Trinajstić information content (AvgIpc) is 2.24. The van der Waals surface area contributed by atoms with E-state index in [2.05, 4.69) is 4.98 Å². The van der Waals surface area contributed by atoms with Crippen molar-refractivity contribution < 1.29 is 0 Å². The molecule has 1 aromatic heterocycles. The molecular weight excluding hydrogens is 190 g/mol. The zero-order valence-corrected chi connectivity index (χ0v) is 8.82. The normalized spacial score (nSPS) is 10.8. The molecule has 1 aromatic carbocycles. The summed E-state index contributed by atoms with van der Waals surface area (Å²) in [5, 5.41) is 0.578. The molecule has 0 saturated carbocycles. The largest absolute Gasteiger partial charge is 0.399 e. The summed E-state index contributed by atoms with van der Waals surface area (Å²) in [5.74, 6) is 0.789. The van der Waals surface area contributed by atoms with Crippen LogP contribution in [0.1, 0.15) is 12.7 Å². The predicted molar refractivity (Wildman–Crippen MR) is 60.8 cm³/mol. The van der Waals surface area contributed by atoms with Gasteiger partial charge in [-0.2, -0.15) is 0 Å². The van der Waals surface area contributed by atoms with Gasteiger partial charge in [0.15, 0.2) is 0 Å². The third-order valence-corrected chi connectivity index (χ3v) is 2.51. The van der Waals surface area contributed by atoms with Gasteiger partial charge in [0, 0.05) is 19.2 Å².